The number of rotatable bonds is 7. The van der Waals surface area contributed by atoms with E-state index in [0.29, 0.717) is 0 Å². The first-order valence-corrected chi connectivity index (χ1v) is 15.8. The van der Waals surface area contributed by atoms with Gasteiger partial charge < -0.3 is 0 Å². The highest BCUT2D eigenvalue weighted by molar-refractivity contribution is 6.05. The molecule has 0 saturated carbocycles. The minimum Gasteiger partial charge on any atom is -0.299 e. The molecular formula is C44H31N3. The lowest BCUT2D eigenvalue weighted by Crippen LogP contribution is -1.97. The van der Waals surface area contributed by atoms with E-state index in [-0.39, 0.29) is 0 Å². The zero-order chi connectivity index (χ0) is 31.4. The van der Waals surface area contributed by atoms with Gasteiger partial charge in [0.05, 0.1) is 11.2 Å². The molecule has 8 aromatic rings. The van der Waals surface area contributed by atoms with Crippen molar-refractivity contribution in [3.8, 4) is 33.9 Å². The molecule has 0 radical (unpaired) electrons. The summed E-state index contributed by atoms with van der Waals surface area (Å²) in [5.41, 5.74) is 13.2. The third kappa shape index (κ3) is 5.56. The third-order valence-corrected chi connectivity index (χ3v) is 8.50. The maximum absolute atomic E-state index is 5.13. The average molecular weight is 602 g/mol. The van der Waals surface area contributed by atoms with Gasteiger partial charge in [-0.05, 0) is 80.9 Å². The van der Waals surface area contributed by atoms with E-state index in [4.69, 9.17) is 4.98 Å². The normalized spacial score (nSPS) is 11.0. The van der Waals surface area contributed by atoms with Crippen LogP contribution in [0.1, 0.15) is 22.3 Å². The van der Waals surface area contributed by atoms with E-state index in [1.165, 1.54) is 27.8 Å². The standard InChI is InChI=1S/C44H31N3/c1-4-16-32(17-5-1)41(33-18-6-2-7-19-33)42(34-20-8-3-9-21-34)37-24-14-22-35(30-37)36-23-15-25-38(31-36)44-46-43(39-26-10-12-28-45-39)40-27-11-13-29-47(40)44/h1-31H. The Kier molecular flexibility index (Phi) is 7.54. The predicted octanol–water partition coefficient (Wildman–Crippen LogP) is 10.7. The van der Waals surface area contributed by atoms with Crippen LogP contribution in [-0.2, 0) is 0 Å². The van der Waals surface area contributed by atoms with Gasteiger partial charge in [0.1, 0.15) is 11.5 Å². The molecule has 3 nitrogen and oxygen atoms in total. The van der Waals surface area contributed by atoms with Gasteiger partial charge in [0.25, 0.3) is 0 Å². The quantitative estimate of drug-likeness (QED) is 0.170. The number of imidazole rings is 1. The first kappa shape index (κ1) is 28.2. The van der Waals surface area contributed by atoms with Gasteiger partial charge in [-0.3, -0.25) is 9.38 Å². The van der Waals surface area contributed by atoms with Gasteiger partial charge >= 0.3 is 0 Å². The van der Waals surface area contributed by atoms with Gasteiger partial charge in [-0.1, -0.05) is 140 Å². The number of aromatic nitrogens is 3. The first-order valence-electron chi connectivity index (χ1n) is 15.8. The molecule has 3 heteroatoms. The third-order valence-electron chi connectivity index (χ3n) is 8.50. The van der Waals surface area contributed by atoms with Gasteiger partial charge in [-0.15, -0.1) is 0 Å². The summed E-state index contributed by atoms with van der Waals surface area (Å²) in [4.78, 5) is 9.73. The molecule has 47 heavy (non-hydrogen) atoms. The average Bonchev–Trinajstić information content (AvgIpc) is 3.55. The van der Waals surface area contributed by atoms with Crippen molar-refractivity contribution in [3.05, 3.63) is 211 Å². The SMILES string of the molecule is c1ccc(C(=C(c2ccccc2)c2cccc(-c3cccc(-c4nc(-c5ccccn5)c5ccccn45)c3)c2)c2ccccc2)cc1. The Morgan fingerprint density at radius 1 is 0.426 bits per heavy atom. The Hall–Kier alpha value is -6.32. The highest BCUT2D eigenvalue weighted by atomic mass is 15.0. The van der Waals surface area contributed by atoms with E-state index in [1.807, 2.05) is 36.5 Å². The lowest BCUT2D eigenvalue weighted by Gasteiger charge is -2.19. The number of nitrogens with zero attached hydrogens (tertiary/aromatic N) is 3. The Labute approximate surface area is 274 Å². The molecule has 0 aliphatic heterocycles. The number of pyridine rings is 2. The van der Waals surface area contributed by atoms with E-state index in [9.17, 15) is 0 Å². The molecule has 0 bridgehead atoms. The molecule has 0 spiro atoms. The van der Waals surface area contributed by atoms with Crippen molar-refractivity contribution >= 4 is 16.7 Å². The van der Waals surface area contributed by atoms with Crippen molar-refractivity contribution in [2.75, 3.05) is 0 Å². The molecule has 0 fully saturated rings. The Morgan fingerprint density at radius 2 is 0.957 bits per heavy atom. The fourth-order valence-electron chi connectivity index (χ4n) is 6.35. The van der Waals surface area contributed by atoms with Crippen LogP contribution in [0.2, 0.25) is 0 Å². The number of hydrogen-bond donors (Lipinski definition) is 0. The second kappa shape index (κ2) is 12.6. The van der Waals surface area contributed by atoms with Gasteiger partial charge in [0.2, 0.25) is 0 Å². The summed E-state index contributed by atoms with van der Waals surface area (Å²) in [6.45, 7) is 0. The number of benzene rings is 5. The molecule has 5 aromatic carbocycles. The molecule has 0 N–H and O–H groups in total. The highest BCUT2D eigenvalue weighted by Crippen LogP contribution is 2.38. The van der Waals surface area contributed by atoms with Crippen molar-refractivity contribution in [1.82, 2.24) is 14.4 Å². The van der Waals surface area contributed by atoms with Gasteiger partial charge in [-0.25, -0.2) is 4.98 Å². The number of hydrogen-bond acceptors (Lipinski definition) is 2. The molecule has 0 unspecified atom stereocenters. The van der Waals surface area contributed by atoms with Crippen LogP contribution < -0.4 is 0 Å². The van der Waals surface area contributed by atoms with Crippen LogP contribution in [0.3, 0.4) is 0 Å². The molecular weight excluding hydrogens is 571 g/mol. The maximum atomic E-state index is 5.13. The second-order valence-corrected chi connectivity index (χ2v) is 11.5. The van der Waals surface area contributed by atoms with Crippen molar-refractivity contribution in [2.24, 2.45) is 0 Å². The molecule has 8 rings (SSSR count). The van der Waals surface area contributed by atoms with E-state index < -0.39 is 0 Å². The molecule has 222 valence electrons. The van der Waals surface area contributed by atoms with Gasteiger partial charge in [0, 0.05) is 18.0 Å². The fourth-order valence-corrected chi connectivity index (χ4v) is 6.35. The van der Waals surface area contributed by atoms with Crippen molar-refractivity contribution in [1.29, 1.82) is 0 Å². The predicted molar refractivity (Wildman–Crippen MR) is 194 cm³/mol. The monoisotopic (exact) mass is 601 g/mol. The first-order chi connectivity index (χ1) is 23.3. The van der Waals surface area contributed by atoms with Crippen LogP contribution >= 0.6 is 0 Å². The van der Waals surface area contributed by atoms with Crippen molar-refractivity contribution in [3.63, 3.8) is 0 Å². The van der Waals surface area contributed by atoms with Crippen LogP contribution in [0.4, 0.5) is 0 Å². The van der Waals surface area contributed by atoms with Crippen molar-refractivity contribution in [2.45, 2.75) is 0 Å². The number of fused-ring (bicyclic) bond motifs is 1. The molecule has 0 amide bonds. The second-order valence-electron chi connectivity index (χ2n) is 11.5. The summed E-state index contributed by atoms with van der Waals surface area (Å²) in [7, 11) is 0. The Bertz CT molecular complexity index is 2280. The lowest BCUT2D eigenvalue weighted by atomic mass is 9.85. The summed E-state index contributed by atoms with van der Waals surface area (Å²) in [5.74, 6) is 0.888. The summed E-state index contributed by atoms with van der Waals surface area (Å²) < 4.78 is 2.15. The van der Waals surface area contributed by atoms with Crippen molar-refractivity contribution < 1.29 is 0 Å². The van der Waals surface area contributed by atoms with E-state index >= 15 is 0 Å². The maximum Gasteiger partial charge on any atom is 0.145 e. The highest BCUT2D eigenvalue weighted by Gasteiger charge is 2.18. The van der Waals surface area contributed by atoms with Crippen LogP contribution in [0.15, 0.2) is 188 Å². The fraction of sp³-hybridized carbons (Fsp3) is 0. The van der Waals surface area contributed by atoms with Crippen LogP contribution in [0.5, 0.6) is 0 Å². The Morgan fingerprint density at radius 3 is 1.60 bits per heavy atom. The summed E-state index contributed by atoms with van der Waals surface area (Å²) in [5, 5.41) is 0. The topological polar surface area (TPSA) is 30.2 Å². The summed E-state index contributed by atoms with van der Waals surface area (Å²) in [6.07, 6.45) is 3.89. The summed E-state index contributed by atoms with van der Waals surface area (Å²) in [6, 6.07) is 61.8. The van der Waals surface area contributed by atoms with Crippen LogP contribution in [0, 0.1) is 0 Å². The summed E-state index contributed by atoms with van der Waals surface area (Å²) >= 11 is 0. The minimum absolute atomic E-state index is 0.860. The lowest BCUT2D eigenvalue weighted by molar-refractivity contribution is 1.16. The van der Waals surface area contributed by atoms with E-state index in [1.54, 1.807) is 0 Å². The molecule has 3 aromatic heterocycles. The molecule has 3 heterocycles. The molecule has 0 saturated heterocycles. The molecule has 0 aliphatic rings. The van der Waals surface area contributed by atoms with Crippen LogP contribution in [-0.4, -0.2) is 14.4 Å². The minimum atomic E-state index is 0.860. The molecule has 0 aliphatic carbocycles. The largest absolute Gasteiger partial charge is 0.299 e. The molecule has 0 atom stereocenters. The van der Waals surface area contributed by atoms with Gasteiger partial charge in [-0.2, -0.15) is 0 Å². The van der Waals surface area contributed by atoms with Crippen LogP contribution in [0.25, 0.3) is 50.6 Å². The zero-order valence-corrected chi connectivity index (χ0v) is 25.7. The zero-order valence-electron chi connectivity index (χ0n) is 25.7. The Balaban J connectivity index is 1.29. The van der Waals surface area contributed by atoms with E-state index in [0.717, 1.165) is 45.0 Å². The van der Waals surface area contributed by atoms with E-state index in [2.05, 4.69) is 161 Å². The van der Waals surface area contributed by atoms with Gasteiger partial charge in [0.15, 0.2) is 0 Å². The smallest absolute Gasteiger partial charge is 0.145 e.